The van der Waals surface area contributed by atoms with Crippen molar-refractivity contribution in [1.82, 2.24) is 4.98 Å². The molecule has 0 aliphatic rings. The van der Waals surface area contributed by atoms with Gasteiger partial charge in [-0.25, -0.2) is 0 Å². The molecule has 2 heteroatoms. The van der Waals surface area contributed by atoms with Crippen molar-refractivity contribution in [3.63, 3.8) is 0 Å². The summed E-state index contributed by atoms with van der Waals surface area (Å²) in [5.74, 6) is 0.899. The number of ether oxygens (including phenoxy) is 1. The van der Waals surface area contributed by atoms with Gasteiger partial charge in [-0.15, -0.1) is 0 Å². The average Bonchev–Trinajstić information content (AvgIpc) is 2.31. The topological polar surface area (TPSA) is 22.1 Å². The van der Waals surface area contributed by atoms with Gasteiger partial charge in [0, 0.05) is 17.8 Å². The maximum atomic E-state index is 5.18. The van der Waals surface area contributed by atoms with E-state index in [2.05, 4.69) is 11.9 Å². The maximum absolute atomic E-state index is 5.18. The average molecular weight is 203 g/mol. The molecule has 15 heavy (non-hydrogen) atoms. The Balaban J connectivity index is 0.000000531. The highest BCUT2D eigenvalue weighted by Gasteiger charge is 1.99. The second kappa shape index (κ2) is 5.35. The van der Waals surface area contributed by atoms with Gasteiger partial charge < -0.3 is 4.74 Å². The first-order chi connectivity index (χ1) is 7.31. The number of methoxy groups -OCH3 is 1. The van der Waals surface area contributed by atoms with E-state index in [4.69, 9.17) is 4.74 Å². The molecule has 0 spiro atoms. The molecule has 0 unspecified atom stereocenters. The van der Waals surface area contributed by atoms with Crippen LogP contribution in [0.3, 0.4) is 0 Å². The lowest BCUT2D eigenvalue weighted by atomic mass is 10.1. The second-order valence-electron chi connectivity index (χ2n) is 3.04. The third-order valence-corrected chi connectivity index (χ3v) is 2.17. The van der Waals surface area contributed by atoms with Gasteiger partial charge in [0.15, 0.2) is 0 Å². The van der Waals surface area contributed by atoms with Crippen molar-refractivity contribution in [2.45, 2.75) is 20.8 Å². The van der Waals surface area contributed by atoms with Gasteiger partial charge in [0.2, 0.25) is 0 Å². The molecule has 1 aromatic carbocycles. The molecule has 0 N–H and O–H groups in total. The highest BCUT2D eigenvalue weighted by Crippen LogP contribution is 2.23. The lowest BCUT2D eigenvalue weighted by Crippen LogP contribution is -1.86. The molecule has 0 saturated heterocycles. The third-order valence-electron chi connectivity index (χ3n) is 2.17. The Labute approximate surface area is 90.9 Å². The zero-order valence-corrected chi connectivity index (χ0v) is 9.74. The maximum Gasteiger partial charge on any atom is 0.119 e. The fourth-order valence-corrected chi connectivity index (χ4v) is 1.46. The van der Waals surface area contributed by atoms with Crippen molar-refractivity contribution in [3.8, 4) is 5.75 Å². The van der Waals surface area contributed by atoms with E-state index < -0.39 is 0 Å². The first kappa shape index (κ1) is 11.5. The number of hydrogen-bond donors (Lipinski definition) is 0. The Kier molecular flexibility index (Phi) is 4.10. The van der Waals surface area contributed by atoms with Crippen LogP contribution >= 0.6 is 0 Å². The van der Waals surface area contributed by atoms with Crippen molar-refractivity contribution in [2.24, 2.45) is 0 Å². The number of rotatable bonds is 1. The van der Waals surface area contributed by atoms with Gasteiger partial charge in [-0.3, -0.25) is 4.98 Å². The highest BCUT2D eigenvalue weighted by atomic mass is 16.5. The molecule has 1 aromatic heterocycles. The van der Waals surface area contributed by atoms with Crippen LogP contribution in [0.1, 0.15) is 19.4 Å². The lowest BCUT2D eigenvalue weighted by molar-refractivity contribution is 0.415. The Bertz CT molecular complexity index is 437. The third kappa shape index (κ3) is 2.46. The molecule has 2 rings (SSSR count). The Morgan fingerprint density at radius 1 is 1.20 bits per heavy atom. The van der Waals surface area contributed by atoms with Gasteiger partial charge in [-0.1, -0.05) is 13.8 Å². The molecular formula is C13H17NO. The molecule has 0 aliphatic heterocycles. The zero-order chi connectivity index (χ0) is 11.3. The van der Waals surface area contributed by atoms with E-state index in [0.717, 1.165) is 5.75 Å². The van der Waals surface area contributed by atoms with Crippen LogP contribution in [0.15, 0.2) is 30.6 Å². The van der Waals surface area contributed by atoms with Crippen LogP contribution in [-0.2, 0) is 0 Å². The van der Waals surface area contributed by atoms with Gasteiger partial charge >= 0.3 is 0 Å². The summed E-state index contributed by atoms with van der Waals surface area (Å²) in [6, 6.07) is 6.03. The molecule has 2 aromatic rings. The fraction of sp³-hybridized carbons (Fsp3) is 0.308. The number of nitrogens with zero attached hydrogens (tertiary/aromatic N) is 1. The Hall–Kier alpha value is -1.57. The van der Waals surface area contributed by atoms with Crippen LogP contribution in [0.4, 0.5) is 0 Å². The van der Waals surface area contributed by atoms with Crippen LogP contribution in [0.2, 0.25) is 0 Å². The molecule has 0 aliphatic carbocycles. The number of fused-ring (bicyclic) bond motifs is 1. The van der Waals surface area contributed by atoms with Crippen LogP contribution in [-0.4, -0.2) is 12.1 Å². The predicted molar refractivity (Wildman–Crippen MR) is 64.4 cm³/mol. The standard InChI is InChI=1S/C11H11NO.C2H6/c1-8-5-10(13-2)6-9-3-4-12-7-11(8)9;1-2/h3-7H,1-2H3;1-2H3. The smallest absolute Gasteiger partial charge is 0.119 e. The largest absolute Gasteiger partial charge is 0.497 e. The first-order valence-corrected chi connectivity index (χ1v) is 5.19. The lowest BCUT2D eigenvalue weighted by Gasteiger charge is -2.04. The summed E-state index contributed by atoms with van der Waals surface area (Å²) in [4.78, 5) is 4.09. The van der Waals surface area contributed by atoms with E-state index in [9.17, 15) is 0 Å². The molecule has 0 bridgehead atoms. The fourth-order valence-electron chi connectivity index (χ4n) is 1.46. The van der Waals surface area contributed by atoms with Crippen LogP contribution < -0.4 is 4.74 Å². The zero-order valence-electron chi connectivity index (χ0n) is 9.74. The van der Waals surface area contributed by atoms with Gasteiger partial charge in [0.05, 0.1) is 7.11 Å². The Morgan fingerprint density at radius 2 is 1.93 bits per heavy atom. The minimum atomic E-state index is 0.899. The van der Waals surface area contributed by atoms with E-state index in [1.54, 1.807) is 13.3 Å². The second-order valence-corrected chi connectivity index (χ2v) is 3.04. The number of pyridine rings is 1. The van der Waals surface area contributed by atoms with E-state index in [-0.39, 0.29) is 0 Å². The predicted octanol–water partition coefficient (Wildman–Crippen LogP) is 3.58. The number of hydrogen-bond acceptors (Lipinski definition) is 2. The van der Waals surface area contributed by atoms with Gasteiger partial charge in [-0.05, 0) is 36.1 Å². The molecule has 0 amide bonds. The van der Waals surface area contributed by atoms with Crippen molar-refractivity contribution in [3.05, 3.63) is 36.2 Å². The van der Waals surface area contributed by atoms with E-state index in [0.29, 0.717) is 0 Å². The van der Waals surface area contributed by atoms with E-state index in [1.165, 1.54) is 16.3 Å². The van der Waals surface area contributed by atoms with Crippen molar-refractivity contribution in [1.29, 1.82) is 0 Å². The highest BCUT2D eigenvalue weighted by molar-refractivity contribution is 5.86. The summed E-state index contributed by atoms with van der Waals surface area (Å²) in [5.41, 5.74) is 1.20. The molecule has 0 radical (unpaired) electrons. The minimum absolute atomic E-state index is 0.899. The monoisotopic (exact) mass is 203 g/mol. The van der Waals surface area contributed by atoms with Crippen molar-refractivity contribution < 1.29 is 4.74 Å². The van der Waals surface area contributed by atoms with Gasteiger partial charge in [-0.2, -0.15) is 0 Å². The normalized spacial score (nSPS) is 9.33. The molecule has 0 atom stereocenters. The SMILES string of the molecule is CC.COc1cc(C)c2cnccc2c1. The molecule has 2 nitrogen and oxygen atoms in total. The summed E-state index contributed by atoms with van der Waals surface area (Å²) in [6.45, 7) is 6.06. The van der Waals surface area contributed by atoms with E-state index >= 15 is 0 Å². The molecule has 80 valence electrons. The molecule has 1 heterocycles. The number of aryl methyl sites for hydroxylation is 1. The molecular weight excluding hydrogens is 186 g/mol. The van der Waals surface area contributed by atoms with Crippen LogP contribution in [0, 0.1) is 6.92 Å². The summed E-state index contributed by atoms with van der Waals surface area (Å²) < 4.78 is 5.18. The number of benzene rings is 1. The van der Waals surface area contributed by atoms with Gasteiger partial charge in [0.25, 0.3) is 0 Å². The first-order valence-electron chi connectivity index (χ1n) is 5.19. The van der Waals surface area contributed by atoms with Crippen LogP contribution in [0.25, 0.3) is 10.8 Å². The summed E-state index contributed by atoms with van der Waals surface area (Å²) in [6.07, 6.45) is 3.67. The van der Waals surface area contributed by atoms with Gasteiger partial charge in [0.1, 0.15) is 5.75 Å². The van der Waals surface area contributed by atoms with Crippen LogP contribution in [0.5, 0.6) is 5.75 Å². The summed E-state index contributed by atoms with van der Waals surface area (Å²) in [7, 11) is 1.68. The molecule has 0 fully saturated rings. The summed E-state index contributed by atoms with van der Waals surface area (Å²) >= 11 is 0. The quantitative estimate of drug-likeness (QED) is 0.706. The van der Waals surface area contributed by atoms with E-state index in [1.807, 2.05) is 38.2 Å². The summed E-state index contributed by atoms with van der Waals surface area (Å²) in [5, 5.41) is 2.36. The van der Waals surface area contributed by atoms with Crippen molar-refractivity contribution >= 4 is 10.8 Å². The van der Waals surface area contributed by atoms with Crippen molar-refractivity contribution in [2.75, 3.05) is 7.11 Å². The number of aromatic nitrogens is 1. The molecule has 0 saturated carbocycles. The Morgan fingerprint density at radius 3 is 2.60 bits per heavy atom. The minimum Gasteiger partial charge on any atom is -0.497 e.